The first kappa shape index (κ1) is 22.1. The van der Waals surface area contributed by atoms with Crippen molar-refractivity contribution in [1.82, 2.24) is 5.43 Å². The lowest BCUT2D eigenvalue weighted by molar-refractivity contribution is -0.123. The smallest absolute Gasteiger partial charge is 0.343 e. The van der Waals surface area contributed by atoms with E-state index in [9.17, 15) is 9.59 Å². The number of hydrazone groups is 1. The van der Waals surface area contributed by atoms with Crippen molar-refractivity contribution in [3.63, 3.8) is 0 Å². The zero-order valence-corrected chi connectivity index (χ0v) is 17.8. The van der Waals surface area contributed by atoms with Gasteiger partial charge in [0.2, 0.25) is 0 Å². The topological polar surface area (TPSA) is 77.0 Å². The minimum atomic E-state index is -0.430. The van der Waals surface area contributed by atoms with E-state index in [0.717, 1.165) is 16.7 Å². The number of nitrogens with zero attached hydrogens (tertiary/aromatic N) is 1. The van der Waals surface area contributed by atoms with Crippen molar-refractivity contribution >= 4 is 29.7 Å². The van der Waals surface area contributed by atoms with Gasteiger partial charge in [-0.2, -0.15) is 5.10 Å². The molecule has 0 spiro atoms. The van der Waals surface area contributed by atoms with Crippen LogP contribution >= 0.6 is 11.6 Å². The van der Waals surface area contributed by atoms with Gasteiger partial charge in [0.1, 0.15) is 11.5 Å². The van der Waals surface area contributed by atoms with Crippen molar-refractivity contribution in [3.8, 4) is 11.5 Å². The molecule has 3 rings (SSSR count). The maximum atomic E-state index is 12.0. The van der Waals surface area contributed by atoms with Crippen molar-refractivity contribution in [2.45, 2.75) is 13.8 Å². The first-order valence-electron chi connectivity index (χ1n) is 9.51. The van der Waals surface area contributed by atoms with Crippen LogP contribution in [0.15, 0.2) is 71.8 Å². The molecule has 0 atom stereocenters. The minimum Gasteiger partial charge on any atom is -0.484 e. The molecule has 7 heteroatoms. The lowest BCUT2D eigenvalue weighted by Crippen LogP contribution is -2.24. The van der Waals surface area contributed by atoms with Crippen LogP contribution in [-0.2, 0) is 4.79 Å². The average Bonchev–Trinajstić information content (AvgIpc) is 2.77. The van der Waals surface area contributed by atoms with Crippen molar-refractivity contribution < 1.29 is 19.1 Å². The Hall–Kier alpha value is -3.64. The van der Waals surface area contributed by atoms with Gasteiger partial charge in [0.15, 0.2) is 6.61 Å². The number of amides is 1. The highest BCUT2D eigenvalue weighted by Gasteiger charge is 2.08. The van der Waals surface area contributed by atoms with Crippen molar-refractivity contribution in [1.29, 1.82) is 0 Å². The SMILES string of the molecule is Cc1cc(OCC(=O)N/N=C/c2ccc(OC(=O)c3ccccc3)cc2)cc(C)c1Cl. The standard InChI is InChI=1S/C24H21ClN2O4/c1-16-12-21(13-17(2)23(16)25)30-15-22(28)27-26-14-18-8-10-20(11-9-18)31-24(29)19-6-4-3-5-7-19/h3-14H,15H2,1-2H3,(H,27,28)/b26-14+. The number of carbonyl (C=O) groups is 2. The van der Waals surface area contributed by atoms with E-state index in [1.807, 2.05) is 19.9 Å². The fourth-order valence-corrected chi connectivity index (χ4v) is 2.82. The summed E-state index contributed by atoms with van der Waals surface area (Å²) in [6.45, 7) is 3.58. The molecule has 1 N–H and O–H groups in total. The molecule has 0 radical (unpaired) electrons. The Morgan fingerprint density at radius 2 is 1.61 bits per heavy atom. The fourth-order valence-electron chi connectivity index (χ4n) is 2.71. The van der Waals surface area contributed by atoms with Gasteiger partial charge in [0.05, 0.1) is 11.8 Å². The second kappa shape index (κ2) is 10.4. The average molecular weight is 437 g/mol. The number of ether oxygens (including phenoxy) is 2. The maximum Gasteiger partial charge on any atom is 0.343 e. The Bertz CT molecular complexity index is 1070. The molecule has 0 aliphatic rings. The molecule has 3 aromatic carbocycles. The molecule has 0 fully saturated rings. The van der Waals surface area contributed by atoms with Gasteiger partial charge in [-0.1, -0.05) is 29.8 Å². The molecule has 1 amide bonds. The van der Waals surface area contributed by atoms with Crippen LogP contribution < -0.4 is 14.9 Å². The molecule has 0 unspecified atom stereocenters. The van der Waals surface area contributed by atoms with Crippen LogP contribution in [0.3, 0.4) is 0 Å². The number of hydrogen-bond acceptors (Lipinski definition) is 5. The molecule has 0 saturated heterocycles. The molecule has 0 heterocycles. The molecule has 31 heavy (non-hydrogen) atoms. The van der Waals surface area contributed by atoms with E-state index in [1.54, 1.807) is 60.7 Å². The maximum absolute atomic E-state index is 12.0. The van der Waals surface area contributed by atoms with Crippen LogP contribution in [0, 0.1) is 13.8 Å². The normalized spacial score (nSPS) is 10.7. The molecule has 158 valence electrons. The third kappa shape index (κ3) is 6.42. The van der Waals surface area contributed by atoms with E-state index in [2.05, 4.69) is 10.5 Å². The second-order valence-corrected chi connectivity index (χ2v) is 7.16. The van der Waals surface area contributed by atoms with Crippen LogP contribution in [0.25, 0.3) is 0 Å². The van der Waals surface area contributed by atoms with E-state index in [1.165, 1.54) is 6.21 Å². The molecule has 0 saturated carbocycles. The third-order valence-corrected chi connectivity index (χ3v) is 4.88. The van der Waals surface area contributed by atoms with Crippen LogP contribution in [0.1, 0.15) is 27.0 Å². The summed E-state index contributed by atoms with van der Waals surface area (Å²) in [6.07, 6.45) is 1.48. The van der Waals surface area contributed by atoms with Gasteiger partial charge in [0, 0.05) is 5.02 Å². The van der Waals surface area contributed by atoms with Gasteiger partial charge < -0.3 is 9.47 Å². The number of nitrogens with one attached hydrogen (secondary N) is 1. The van der Waals surface area contributed by atoms with Crippen LogP contribution in [0.4, 0.5) is 0 Å². The summed E-state index contributed by atoms with van der Waals surface area (Å²) in [5, 5.41) is 4.59. The van der Waals surface area contributed by atoms with Gasteiger partial charge in [-0.3, -0.25) is 4.79 Å². The Morgan fingerprint density at radius 1 is 0.968 bits per heavy atom. The molecular weight excluding hydrogens is 416 g/mol. The van der Waals surface area contributed by atoms with Gasteiger partial charge in [-0.25, -0.2) is 10.2 Å². The van der Waals surface area contributed by atoms with Gasteiger partial charge in [-0.15, -0.1) is 0 Å². The number of hydrogen-bond donors (Lipinski definition) is 1. The molecular formula is C24H21ClN2O4. The number of aryl methyl sites for hydroxylation is 2. The summed E-state index contributed by atoms with van der Waals surface area (Å²) in [7, 11) is 0. The lowest BCUT2D eigenvalue weighted by Gasteiger charge is -2.09. The number of halogens is 1. The highest BCUT2D eigenvalue weighted by atomic mass is 35.5. The van der Waals surface area contributed by atoms with Gasteiger partial charge in [0.25, 0.3) is 5.91 Å². The van der Waals surface area contributed by atoms with Crippen LogP contribution in [-0.4, -0.2) is 24.7 Å². The number of rotatable bonds is 7. The largest absolute Gasteiger partial charge is 0.484 e. The summed E-state index contributed by atoms with van der Waals surface area (Å²) in [5.74, 6) is 0.159. The molecule has 6 nitrogen and oxygen atoms in total. The molecule has 0 aromatic heterocycles. The first-order valence-corrected chi connectivity index (χ1v) is 9.89. The van der Waals surface area contributed by atoms with E-state index < -0.39 is 11.9 Å². The van der Waals surface area contributed by atoms with Crippen molar-refractivity contribution in [3.05, 3.63) is 94.0 Å². The molecule has 0 aliphatic carbocycles. The lowest BCUT2D eigenvalue weighted by atomic mass is 10.1. The van der Waals surface area contributed by atoms with Crippen molar-refractivity contribution in [2.24, 2.45) is 5.10 Å². The predicted octanol–water partition coefficient (Wildman–Crippen LogP) is 4.71. The first-order chi connectivity index (χ1) is 14.9. The Morgan fingerprint density at radius 3 is 2.26 bits per heavy atom. The number of benzene rings is 3. The Kier molecular flexibility index (Phi) is 7.40. The van der Waals surface area contributed by atoms with E-state index >= 15 is 0 Å². The van der Waals surface area contributed by atoms with E-state index in [4.69, 9.17) is 21.1 Å². The molecule has 3 aromatic rings. The summed E-state index contributed by atoms with van der Waals surface area (Å²) in [4.78, 5) is 24.0. The summed E-state index contributed by atoms with van der Waals surface area (Å²) < 4.78 is 10.8. The Balaban J connectivity index is 1.47. The zero-order valence-electron chi connectivity index (χ0n) is 17.1. The molecule has 0 bridgehead atoms. The predicted molar refractivity (Wildman–Crippen MR) is 120 cm³/mol. The summed E-state index contributed by atoms with van der Waals surface area (Å²) in [6, 6.07) is 19.0. The highest BCUT2D eigenvalue weighted by Crippen LogP contribution is 2.25. The Labute approximate surface area is 185 Å². The van der Waals surface area contributed by atoms with Gasteiger partial charge >= 0.3 is 5.97 Å². The van der Waals surface area contributed by atoms with E-state index in [0.29, 0.717) is 22.1 Å². The highest BCUT2D eigenvalue weighted by molar-refractivity contribution is 6.32. The van der Waals surface area contributed by atoms with E-state index in [-0.39, 0.29) is 6.61 Å². The monoisotopic (exact) mass is 436 g/mol. The van der Waals surface area contributed by atoms with Crippen LogP contribution in [0.5, 0.6) is 11.5 Å². The summed E-state index contributed by atoms with van der Waals surface area (Å²) >= 11 is 6.12. The summed E-state index contributed by atoms with van der Waals surface area (Å²) in [5.41, 5.74) is 5.37. The zero-order chi connectivity index (χ0) is 22.2. The third-order valence-electron chi connectivity index (χ3n) is 4.28. The second-order valence-electron chi connectivity index (χ2n) is 6.78. The minimum absolute atomic E-state index is 0.174. The fraction of sp³-hybridized carbons (Fsp3) is 0.125. The molecule has 0 aliphatic heterocycles. The van der Waals surface area contributed by atoms with Gasteiger partial charge in [-0.05, 0) is 79.1 Å². The number of esters is 1. The van der Waals surface area contributed by atoms with Crippen molar-refractivity contribution in [2.75, 3.05) is 6.61 Å². The van der Waals surface area contributed by atoms with Crippen LogP contribution in [0.2, 0.25) is 5.02 Å². The number of carbonyl (C=O) groups excluding carboxylic acids is 2. The quantitative estimate of drug-likeness (QED) is 0.252.